The summed E-state index contributed by atoms with van der Waals surface area (Å²) < 4.78 is 5.69. The maximum absolute atomic E-state index is 12.5. The standard InChI is InChI=1S/C21H14ClN3O6/c22-13-3-1-12(2-4-13)18-8-6-15(31-18)10-23-19(26)11-24-20(27)16-7-5-14(25(29)30)9-17(16)21(24)28/h1-9H,10-11H2,(H,23,26). The Morgan fingerprint density at radius 1 is 1.03 bits per heavy atom. The first-order valence-corrected chi connectivity index (χ1v) is 9.47. The molecule has 0 unspecified atom stereocenters. The Balaban J connectivity index is 1.38. The molecule has 0 saturated carbocycles. The molecule has 0 bridgehead atoms. The first kappa shape index (κ1) is 20.3. The van der Waals surface area contributed by atoms with Crippen LogP contribution in [0.25, 0.3) is 11.3 Å². The quantitative estimate of drug-likeness (QED) is 0.356. The van der Waals surface area contributed by atoms with Crippen LogP contribution in [0.1, 0.15) is 26.5 Å². The third-order valence-corrected chi connectivity index (χ3v) is 4.97. The first-order chi connectivity index (χ1) is 14.8. The molecule has 31 heavy (non-hydrogen) atoms. The first-order valence-electron chi connectivity index (χ1n) is 9.09. The molecule has 1 aliphatic rings. The fraction of sp³-hybridized carbons (Fsp3) is 0.0952. The number of non-ortho nitro benzene ring substituents is 1. The molecule has 0 spiro atoms. The van der Waals surface area contributed by atoms with Crippen LogP contribution in [0.2, 0.25) is 5.02 Å². The van der Waals surface area contributed by atoms with E-state index in [-0.39, 0.29) is 23.4 Å². The minimum Gasteiger partial charge on any atom is -0.459 e. The van der Waals surface area contributed by atoms with E-state index in [1.165, 1.54) is 6.07 Å². The third-order valence-electron chi connectivity index (χ3n) is 4.72. The number of amides is 3. The number of hydrogen-bond acceptors (Lipinski definition) is 6. The van der Waals surface area contributed by atoms with E-state index in [2.05, 4.69) is 5.32 Å². The summed E-state index contributed by atoms with van der Waals surface area (Å²) in [6, 6.07) is 13.9. The van der Waals surface area contributed by atoms with Crippen molar-refractivity contribution in [2.45, 2.75) is 6.54 Å². The zero-order valence-corrected chi connectivity index (χ0v) is 16.6. The van der Waals surface area contributed by atoms with Gasteiger partial charge >= 0.3 is 0 Å². The molecule has 10 heteroatoms. The van der Waals surface area contributed by atoms with Crippen molar-refractivity contribution in [3.8, 4) is 11.3 Å². The molecule has 3 amide bonds. The Morgan fingerprint density at radius 2 is 1.74 bits per heavy atom. The lowest BCUT2D eigenvalue weighted by atomic mass is 10.1. The van der Waals surface area contributed by atoms with Crippen molar-refractivity contribution < 1.29 is 23.7 Å². The van der Waals surface area contributed by atoms with Crippen molar-refractivity contribution in [1.29, 1.82) is 0 Å². The van der Waals surface area contributed by atoms with E-state index in [0.717, 1.165) is 22.6 Å². The second kappa shape index (κ2) is 8.04. The highest BCUT2D eigenvalue weighted by Crippen LogP contribution is 2.27. The zero-order chi connectivity index (χ0) is 22.1. The highest BCUT2D eigenvalue weighted by Gasteiger charge is 2.37. The Bertz CT molecular complexity index is 1220. The number of carbonyl (C=O) groups is 3. The number of nitrogens with zero attached hydrogens (tertiary/aromatic N) is 2. The molecule has 0 fully saturated rings. The summed E-state index contributed by atoms with van der Waals surface area (Å²) in [6.07, 6.45) is 0. The van der Waals surface area contributed by atoms with Crippen LogP contribution in [0.4, 0.5) is 5.69 Å². The van der Waals surface area contributed by atoms with Gasteiger partial charge in [0.1, 0.15) is 18.1 Å². The predicted molar refractivity (Wildman–Crippen MR) is 109 cm³/mol. The SMILES string of the molecule is O=C(CN1C(=O)c2ccc([N+](=O)[O-])cc2C1=O)NCc1ccc(-c2ccc(Cl)cc2)o1. The number of benzene rings is 2. The number of nitrogens with one attached hydrogen (secondary N) is 1. The largest absolute Gasteiger partial charge is 0.459 e. The van der Waals surface area contributed by atoms with Gasteiger partial charge in [-0.15, -0.1) is 0 Å². The van der Waals surface area contributed by atoms with Crippen LogP contribution in [0.3, 0.4) is 0 Å². The number of carbonyl (C=O) groups excluding carboxylic acids is 3. The zero-order valence-electron chi connectivity index (χ0n) is 15.8. The van der Waals surface area contributed by atoms with Crippen molar-refractivity contribution in [3.05, 3.63) is 86.6 Å². The van der Waals surface area contributed by atoms with Crippen LogP contribution in [-0.2, 0) is 11.3 Å². The lowest BCUT2D eigenvalue weighted by molar-refractivity contribution is -0.384. The van der Waals surface area contributed by atoms with Crippen molar-refractivity contribution in [3.63, 3.8) is 0 Å². The summed E-state index contributed by atoms with van der Waals surface area (Å²) in [7, 11) is 0. The molecule has 0 atom stereocenters. The number of nitro groups is 1. The highest BCUT2D eigenvalue weighted by atomic mass is 35.5. The average Bonchev–Trinajstić information content (AvgIpc) is 3.32. The number of imide groups is 1. The lowest BCUT2D eigenvalue weighted by Gasteiger charge is -2.13. The molecule has 0 aliphatic carbocycles. The van der Waals surface area contributed by atoms with Crippen molar-refractivity contribution in [1.82, 2.24) is 10.2 Å². The molecule has 2 aromatic carbocycles. The number of hydrogen-bond donors (Lipinski definition) is 1. The second-order valence-electron chi connectivity index (χ2n) is 6.73. The normalized spacial score (nSPS) is 12.7. The van der Waals surface area contributed by atoms with E-state index >= 15 is 0 Å². The predicted octanol–water partition coefficient (Wildman–Crippen LogP) is 3.42. The number of rotatable bonds is 6. The van der Waals surface area contributed by atoms with Gasteiger partial charge in [-0.05, 0) is 42.5 Å². The molecule has 4 rings (SSSR count). The summed E-state index contributed by atoms with van der Waals surface area (Å²) in [5, 5.41) is 14.1. The van der Waals surface area contributed by atoms with E-state index in [4.69, 9.17) is 16.0 Å². The van der Waals surface area contributed by atoms with Crippen molar-refractivity contribution in [2.24, 2.45) is 0 Å². The van der Waals surface area contributed by atoms with Crippen LogP contribution in [0.5, 0.6) is 0 Å². The monoisotopic (exact) mass is 439 g/mol. The Labute approximate surface area is 180 Å². The van der Waals surface area contributed by atoms with Gasteiger partial charge in [0.05, 0.1) is 22.6 Å². The van der Waals surface area contributed by atoms with E-state index in [9.17, 15) is 24.5 Å². The molecule has 156 valence electrons. The summed E-state index contributed by atoms with van der Waals surface area (Å²) in [6.45, 7) is -0.452. The van der Waals surface area contributed by atoms with Crippen molar-refractivity contribution in [2.75, 3.05) is 6.54 Å². The van der Waals surface area contributed by atoms with E-state index in [1.807, 2.05) is 0 Å². The van der Waals surface area contributed by atoms with Crippen LogP contribution in [0.15, 0.2) is 59.0 Å². The van der Waals surface area contributed by atoms with Crippen LogP contribution < -0.4 is 5.32 Å². The smallest absolute Gasteiger partial charge is 0.270 e. The fourth-order valence-corrected chi connectivity index (χ4v) is 3.29. The lowest BCUT2D eigenvalue weighted by Crippen LogP contribution is -2.40. The minimum absolute atomic E-state index is 0.0297. The van der Waals surface area contributed by atoms with Crippen LogP contribution >= 0.6 is 11.6 Å². The summed E-state index contributed by atoms with van der Waals surface area (Å²) in [5.74, 6) is -0.914. The average molecular weight is 440 g/mol. The van der Waals surface area contributed by atoms with Gasteiger partial charge in [0, 0.05) is 22.7 Å². The molecule has 9 nitrogen and oxygen atoms in total. The van der Waals surface area contributed by atoms with E-state index in [1.54, 1.807) is 36.4 Å². The van der Waals surface area contributed by atoms with Gasteiger partial charge < -0.3 is 9.73 Å². The minimum atomic E-state index is -0.748. The molecule has 1 N–H and O–H groups in total. The second-order valence-corrected chi connectivity index (χ2v) is 7.17. The van der Waals surface area contributed by atoms with Gasteiger partial charge in [-0.1, -0.05) is 11.6 Å². The van der Waals surface area contributed by atoms with Gasteiger partial charge in [-0.3, -0.25) is 29.4 Å². The van der Waals surface area contributed by atoms with Gasteiger partial charge in [-0.2, -0.15) is 0 Å². The Hall–Kier alpha value is -3.98. The molecule has 2 heterocycles. The topological polar surface area (TPSA) is 123 Å². The number of halogens is 1. The fourth-order valence-electron chi connectivity index (χ4n) is 3.16. The van der Waals surface area contributed by atoms with Gasteiger partial charge in [0.15, 0.2) is 0 Å². The Kier molecular flexibility index (Phi) is 5.26. The molecule has 0 radical (unpaired) electrons. The molecule has 3 aromatic rings. The summed E-state index contributed by atoms with van der Waals surface area (Å²) >= 11 is 5.87. The van der Waals surface area contributed by atoms with E-state index in [0.29, 0.717) is 16.5 Å². The third kappa shape index (κ3) is 4.03. The summed E-state index contributed by atoms with van der Waals surface area (Å²) in [4.78, 5) is 48.1. The molecular formula is C21H14ClN3O6. The molecule has 1 aromatic heterocycles. The van der Waals surface area contributed by atoms with Gasteiger partial charge in [0.25, 0.3) is 17.5 Å². The number of furan rings is 1. The number of fused-ring (bicyclic) bond motifs is 1. The van der Waals surface area contributed by atoms with Crippen LogP contribution in [-0.4, -0.2) is 34.1 Å². The van der Waals surface area contributed by atoms with Crippen molar-refractivity contribution >= 4 is 35.0 Å². The maximum atomic E-state index is 12.5. The van der Waals surface area contributed by atoms with Gasteiger partial charge in [-0.25, -0.2) is 0 Å². The Morgan fingerprint density at radius 3 is 2.45 bits per heavy atom. The molecule has 1 aliphatic heterocycles. The molecule has 0 saturated heterocycles. The van der Waals surface area contributed by atoms with E-state index < -0.39 is 29.2 Å². The number of nitro benzene ring substituents is 1. The summed E-state index contributed by atoms with van der Waals surface area (Å²) in [5.41, 5.74) is 0.454. The van der Waals surface area contributed by atoms with Gasteiger partial charge in [0.2, 0.25) is 5.91 Å². The highest BCUT2D eigenvalue weighted by molar-refractivity contribution is 6.30. The molecular weight excluding hydrogens is 426 g/mol. The maximum Gasteiger partial charge on any atom is 0.270 e. The van der Waals surface area contributed by atoms with Crippen LogP contribution in [0, 0.1) is 10.1 Å².